The number of rotatable bonds is 5. The third-order valence-corrected chi connectivity index (χ3v) is 4.77. The summed E-state index contributed by atoms with van der Waals surface area (Å²) in [4.78, 5) is 24.0. The highest BCUT2D eigenvalue weighted by Crippen LogP contribution is 2.31. The van der Waals surface area contributed by atoms with E-state index in [0.29, 0.717) is 19.4 Å². The molecule has 6 heteroatoms. The monoisotopic (exact) mass is 340 g/mol. The van der Waals surface area contributed by atoms with Crippen molar-refractivity contribution in [3.8, 4) is 0 Å². The zero-order chi connectivity index (χ0) is 17.8. The lowest BCUT2D eigenvalue weighted by Gasteiger charge is -2.40. The number of hydrogen-bond acceptors (Lipinski definition) is 4. The van der Waals surface area contributed by atoms with Gasteiger partial charge in [0.25, 0.3) is 5.69 Å². The Balaban J connectivity index is 1.84. The van der Waals surface area contributed by atoms with Crippen LogP contribution in [0.3, 0.4) is 0 Å². The highest BCUT2D eigenvalue weighted by atomic mass is 16.6. The predicted octanol–water partition coefficient (Wildman–Crippen LogP) is 3.51. The van der Waals surface area contributed by atoms with E-state index in [4.69, 9.17) is 0 Å². The zero-order valence-corrected chi connectivity index (χ0v) is 13.7. The van der Waals surface area contributed by atoms with Gasteiger partial charge in [-0.05, 0) is 37.0 Å². The maximum absolute atomic E-state index is 11.4. The molecule has 130 valence electrons. The third kappa shape index (κ3) is 3.96. The number of nitrogens with zero attached hydrogens (tertiary/aromatic N) is 2. The molecule has 3 rings (SSSR count). The maximum atomic E-state index is 11.4. The molecule has 0 bridgehead atoms. The topological polar surface area (TPSA) is 83.7 Å². The number of carboxylic acid groups (broad SMARTS) is 1. The summed E-state index contributed by atoms with van der Waals surface area (Å²) in [6.07, 6.45) is 1.90. The van der Waals surface area contributed by atoms with Gasteiger partial charge in [-0.25, -0.2) is 0 Å². The van der Waals surface area contributed by atoms with Crippen molar-refractivity contribution in [3.63, 3.8) is 0 Å². The minimum Gasteiger partial charge on any atom is -0.481 e. The Labute approximate surface area is 145 Å². The van der Waals surface area contributed by atoms with Crippen LogP contribution in [0.5, 0.6) is 0 Å². The van der Waals surface area contributed by atoms with E-state index in [2.05, 4.69) is 4.90 Å². The van der Waals surface area contributed by atoms with E-state index in [1.807, 2.05) is 30.3 Å². The van der Waals surface area contributed by atoms with Gasteiger partial charge in [0.2, 0.25) is 0 Å². The number of benzene rings is 2. The summed E-state index contributed by atoms with van der Waals surface area (Å²) in [6.45, 7) is 0.631. The van der Waals surface area contributed by atoms with Gasteiger partial charge in [-0.15, -0.1) is 0 Å². The van der Waals surface area contributed by atoms with Crippen LogP contribution in [0.15, 0.2) is 54.6 Å². The summed E-state index contributed by atoms with van der Waals surface area (Å²) in [6, 6.07) is 16.5. The van der Waals surface area contributed by atoms with Crippen LogP contribution in [0.1, 0.15) is 18.4 Å². The number of hydrogen-bond donors (Lipinski definition) is 1. The lowest BCUT2D eigenvalue weighted by Crippen LogP contribution is -2.45. The molecular formula is C19H20N2O4. The van der Waals surface area contributed by atoms with Crippen LogP contribution in [-0.4, -0.2) is 28.6 Å². The highest BCUT2D eigenvalue weighted by molar-refractivity contribution is 5.70. The van der Waals surface area contributed by atoms with Crippen molar-refractivity contribution in [2.45, 2.75) is 25.3 Å². The van der Waals surface area contributed by atoms with Crippen molar-refractivity contribution in [2.24, 2.45) is 5.92 Å². The SMILES string of the molecule is O=C(O)C1CCN(c2ccc([N+](=O)[O-])cc2)C(Cc2ccccc2)C1. The summed E-state index contributed by atoms with van der Waals surface area (Å²) in [7, 11) is 0. The quantitative estimate of drug-likeness (QED) is 0.665. The van der Waals surface area contributed by atoms with Crippen LogP contribution in [0.2, 0.25) is 0 Å². The summed E-state index contributed by atoms with van der Waals surface area (Å²) in [5.41, 5.74) is 2.12. The van der Waals surface area contributed by atoms with Gasteiger partial charge >= 0.3 is 5.97 Å². The highest BCUT2D eigenvalue weighted by Gasteiger charge is 2.32. The first-order chi connectivity index (χ1) is 12.0. The molecule has 1 N–H and O–H groups in total. The minimum atomic E-state index is -0.749. The minimum absolute atomic E-state index is 0.0544. The molecule has 0 saturated carbocycles. The zero-order valence-electron chi connectivity index (χ0n) is 13.7. The molecule has 2 unspecified atom stereocenters. The second-order valence-electron chi connectivity index (χ2n) is 6.37. The van der Waals surface area contributed by atoms with Crippen molar-refractivity contribution >= 4 is 17.3 Å². The van der Waals surface area contributed by atoms with E-state index in [9.17, 15) is 20.0 Å². The lowest BCUT2D eigenvalue weighted by atomic mass is 9.87. The van der Waals surface area contributed by atoms with E-state index in [1.165, 1.54) is 12.1 Å². The number of carboxylic acids is 1. The number of non-ortho nitro benzene ring substituents is 1. The van der Waals surface area contributed by atoms with E-state index >= 15 is 0 Å². The Hall–Kier alpha value is -2.89. The third-order valence-electron chi connectivity index (χ3n) is 4.77. The second-order valence-corrected chi connectivity index (χ2v) is 6.37. The van der Waals surface area contributed by atoms with Crippen LogP contribution >= 0.6 is 0 Å². The van der Waals surface area contributed by atoms with Gasteiger partial charge in [0, 0.05) is 30.4 Å². The molecular weight excluding hydrogens is 320 g/mol. The Bertz CT molecular complexity index is 746. The van der Waals surface area contributed by atoms with Gasteiger partial charge in [0.15, 0.2) is 0 Å². The van der Waals surface area contributed by atoms with Crippen molar-refractivity contribution in [2.75, 3.05) is 11.4 Å². The standard InChI is InChI=1S/C19H20N2O4/c22-19(23)15-10-11-20(16-6-8-17(9-7-16)21(24)25)18(13-15)12-14-4-2-1-3-5-14/h1-9,15,18H,10-13H2,(H,22,23). The predicted molar refractivity (Wildman–Crippen MR) is 94.7 cm³/mol. The number of carbonyl (C=O) groups is 1. The molecule has 1 heterocycles. The molecule has 2 aromatic carbocycles. The molecule has 1 saturated heterocycles. The average Bonchev–Trinajstić information content (AvgIpc) is 2.62. The molecule has 0 radical (unpaired) electrons. The van der Waals surface area contributed by atoms with Crippen molar-refractivity contribution in [1.29, 1.82) is 0 Å². The number of anilines is 1. The Morgan fingerprint density at radius 2 is 1.84 bits per heavy atom. The Morgan fingerprint density at radius 3 is 2.44 bits per heavy atom. The summed E-state index contributed by atoms with van der Waals surface area (Å²) in [5.74, 6) is -1.09. The van der Waals surface area contributed by atoms with Crippen LogP contribution in [0.25, 0.3) is 0 Å². The van der Waals surface area contributed by atoms with E-state index in [0.717, 1.165) is 17.7 Å². The first-order valence-corrected chi connectivity index (χ1v) is 8.32. The molecule has 6 nitrogen and oxygen atoms in total. The molecule has 0 aliphatic carbocycles. The summed E-state index contributed by atoms with van der Waals surface area (Å²) in [5, 5.41) is 20.2. The Kier molecular flexibility index (Phi) is 4.97. The first-order valence-electron chi connectivity index (χ1n) is 8.32. The molecule has 0 amide bonds. The van der Waals surface area contributed by atoms with Crippen LogP contribution in [0.4, 0.5) is 11.4 Å². The van der Waals surface area contributed by atoms with Crippen LogP contribution in [-0.2, 0) is 11.2 Å². The fourth-order valence-electron chi connectivity index (χ4n) is 3.46. The average molecular weight is 340 g/mol. The largest absolute Gasteiger partial charge is 0.481 e. The van der Waals surface area contributed by atoms with Gasteiger partial charge in [-0.3, -0.25) is 14.9 Å². The van der Waals surface area contributed by atoms with E-state index in [1.54, 1.807) is 12.1 Å². The number of nitro groups is 1. The molecule has 1 aliphatic heterocycles. The van der Waals surface area contributed by atoms with Gasteiger partial charge in [0.1, 0.15) is 0 Å². The van der Waals surface area contributed by atoms with E-state index in [-0.39, 0.29) is 17.6 Å². The number of piperidine rings is 1. The van der Waals surface area contributed by atoms with Gasteiger partial charge in [-0.2, -0.15) is 0 Å². The molecule has 2 atom stereocenters. The number of nitro benzene ring substituents is 1. The fraction of sp³-hybridized carbons (Fsp3) is 0.316. The Morgan fingerprint density at radius 1 is 1.16 bits per heavy atom. The van der Waals surface area contributed by atoms with E-state index < -0.39 is 10.9 Å². The van der Waals surface area contributed by atoms with Gasteiger partial charge in [0.05, 0.1) is 10.8 Å². The van der Waals surface area contributed by atoms with Crippen molar-refractivity contribution in [1.82, 2.24) is 0 Å². The van der Waals surface area contributed by atoms with Crippen LogP contribution < -0.4 is 4.90 Å². The van der Waals surface area contributed by atoms with Gasteiger partial charge < -0.3 is 10.0 Å². The van der Waals surface area contributed by atoms with Gasteiger partial charge in [-0.1, -0.05) is 30.3 Å². The molecule has 2 aromatic rings. The van der Waals surface area contributed by atoms with Crippen LogP contribution in [0, 0.1) is 16.0 Å². The smallest absolute Gasteiger partial charge is 0.306 e. The fourth-order valence-corrected chi connectivity index (χ4v) is 3.46. The van der Waals surface area contributed by atoms with Crippen molar-refractivity contribution in [3.05, 3.63) is 70.3 Å². The molecule has 0 aromatic heterocycles. The first kappa shape index (κ1) is 17.0. The number of aliphatic carboxylic acids is 1. The summed E-state index contributed by atoms with van der Waals surface area (Å²) >= 11 is 0. The normalized spacial score (nSPS) is 20.2. The molecule has 1 aliphatic rings. The van der Waals surface area contributed by atoms with Crippen molar-refractivity contribution < 1.29 is 14.8 Å². The molecule has 0 spiro atoms. The lowest BCUT2D eigenvalue weighted by molar-refractivity contribution is -0.384. The molecule has 1 fully saturated rings. The maximum Gasteiger partial charge on any atom is 0.306 e. The summed E-state index contributed by atoms with van der Waals surface area (Å²) < 4.78 is 0. The second kappa shape index (κ2) is 7.34. The molecule has 25 heavy (non-hydrogen) atoms.